The fraction of sp³-hybridized carbons (Fsp3) is 0.167. The van der Waals surface area contributed by atoms with Gasteiger partial charge in [-0.05, 0) is 18.1 Å². The highest BCUT2D eigenvalue weighted by Gasteiger charge is 1.99. The Hall–Kier alpha value is -1.70. The zero-order chi connectivity index (χ0) is 9.80. The van der Waals surface area contributed by atoms with Gasteiger partial charge in [0.2, 0.25) is 0 Å². The van der Waals surface area contributed by atoms with E-state index in [0.29, 0.717) is 0 Å². The number of nitrogens with zero attached hydrogens (tertiary/aromatic N) is 2. The van der Waals surface area contributed by atoms with E-state index in [1.807, 2.05) is 36.5 Å². The molecule has 1 aromatic heterocycles. The normalized spacial score (nSPS) is 10.1. The lowest BCUT2D eigenvalue weighted by Gasteiger charge is -2.00. The molecule has 0 N–H and O–H groups in total. The quantitative estimate of drug-likeness (QED) is 0.717. The van der Waals surface area contributed by atoms with E-state index in [4.69, 9.17) is 0 Å². The average Bonchev–Trinajstić information content (AvgIpc) is 2.30. The number of benzene rings is 1. The van der Waals surface area contributed by atoms with Gasteiger partial charge < -0.3 is 0 Å². The SMILES string of the molecule is CCc1cnnc(-c2ccccc2)c1. The molecule has 0 aliphatic carbocycles. The second-order valence-electron chi connectivity index (χ2n) is 3.17. The molecule has 0 fully saturated rings. The smallest absolute Gasteiger partial charge is 0.0932 e. The molecular formula is C12H12N2. The number of rotatable bonds is 2. The van der Waals surface area contributed by atoms with Crippen LogP contribution in [0.5, 0.6) is 0 Å². The number of hydrogen-bond donors (Lipinski definition) is 0. The highest BCUT2D eigenvalue weighted by atomic mass is 15.1. The first kappa shape index (κ1) is 8.88. The first-order valence-corrected chi connectivity index (χ1v) is 4.77. The van der Waals surface area contributed by atoms with Crippen LogP contribution in [0.4, 0.5) is 0 Å². The van der Waals surface area contributed by atoms with E-state index in [1.165, 1.54) is 5.56 Å². The van der Waals surface area contributed by atoms with Crippen molar-refractivity contribution >= 4 is 0 Å². The standard InChI is InChI=1S/C12H12N2/c1-2-10-8-12(14-13-9-10)11-6-4-3-5-7-11/h3-9H,2H2,1H3. The van der Waals surface area contributed by atoms with Gasteiger partial charge in [-0.25, -0.2) is 0 Å². The fourth-order valence-electron chi connectivity index (χ4n) is 1.35. The van der Waals surface area contributed by atoms with Gasteiger partial charge in [0, 0.05) is 5.56 Å². The molecule has 1 aromatic carbocycles. The Morgan fingerprint density at radius 3 is 2.64 bits per heavy atom. The van der Waals surface area contributed by atoms with Crippen LogP contribution in [0.1, 0.15) is 12.5 Å². The molecule has 2 nitrogen and oxygen atoms in total. The van der Waals surface area contributed by atoms with Crippen molar-refractivity contribution in [1.29, 1.82) is 0 Å². The van der Waals surface area contributed by atoms with Crippen LogP contribution < -0.4 is 0 Å². The highest BCUT2D eigenvalue weighted by Crippen LogP contribution is 2.16. The summed E-state index contributed by atoms with van der Waals surface area (Å²) in [5.41, 5.74) is 3.29. The van der Waals surface area contributed by atoms with E-state index in [-0.39, 0.29) is 0 Å². The number of aromatic nitrogens is 2. The Kier molecular flexibility index (Phi) is 2.54. The summed E-state index contributed by atoms with van der Waals surface area (Å²) in [6.45, 7) is 2.12. The molecule has 14 heavy (non-hydrogen) atoms. The van der Waals surface area contributed by atoms with Gasteiger partial charge in [-0.3, -0.25) is 0 Å². The van der Waals surface area contributed by atoms with Gasteiger partial charge in [0.25, 0.3) is 0 Å². The van der Waals surface area contributed by atoms with Crippen LogP contribution >= 0.6 is 0 Å². The zero-order valence-electron chi connectivity index (χ0n) is 8.14. The Morgan fingerprint density at radius 1 is 1.14 bits per heavy atom. The molecule has 70 valence electrons. The largest absolute Gasteiger partial charge is 0.158 e. The highest BCUT2D eigenvalue weighted by molar-refractivity contribution is 5.58. The van der Waals surface area contributed by atoms with Crippen LogP contribution in [0, 0.1) is 0 Å². The molecule has 0 aliphatic heterocycles. The van der Waals surface area contributed by atoms with Crippen molar-refractivity contribution in [3.05, 3.63) is 48.2 Å². The molecule has 0 spiro atoms. The Morgan fingerprint density at radius 2 is 1.93 bits per heavy atom. The van der Waals surface area contributed by atoms with Gasteiger partial charge >= 0.3 is 0 Å². The van der Waals surface area contributed by atoms with Gasteiger partial charge in [-0.15, -0.1) is 0 Å². The lowest BCUT2D eigenvalue weighted by atomic mass is 10.1. The summed E-state index contributed by atoms with van der Waals surface area (Å²) in [5, 5.41) is 8.09. The first-order valence-electron chi connectivity index (χ1n) is 4.77. The first-order chi connectivity index (χ1) is 6.90. The predicted octanol–water partition coefficient (Wildman–Crippen LogP) is 2.71. The van der Waals surface area contributed by atoms with E-state index in [0.717, 1.165) is 17.7 Å². The van der Waals surface area contributed by atoms with E-state index < -0.39 is 0 Å². The number of hydrogen-bond acceptors (Lipinski definition) is 2. The molecule has 0 saturated heterocycles. The van der Waals surface area contributed by atoms with Crippen molar-refractivity contribution < 1.29 is 0 Å². The van der Waals surface area contributed by atoms with Crippen LogP contribution in [0.15, 0.2) is 42.6 Å². The lowest BCUT2D eigenvalue weighted by Crippen LogP contribution is -1.90. The molecule has 0 bridgehead atoms. The Balaban J connectivity index is 2.42. The van der Waals surface area contributed by atoms with Gasteiger partial charge in [-0.2, -0.15) is 10.2 Å². The summed E-state index contributed by atoms with van der Waals surface area (Å²) in [7, 11) is 0. The summed E-state index contributed by atoms with van der Waals surface area (Å²) < 4.78 is 0. The average molecular weight is 184 g/mol. The van der Waals surface area contributed by atoms with Gasteiger partial charge in [0.1, 0.15) is 0 Å². The number of aryl methyl sites for hydroxylation is 1. The monoisotopic (exact) mass is 184 g/mol. The third kappa shape index (κ3) is 1.79. The van der Waals surface area contributed by atoms with E-state index in [9.17, 15) is 0 Å². The molecule has 0 aliphatic rings. The van der Waals surface area contributed by atoms with Gasteiger partial charge in [0.05, 0.1) is 11.9 Å². The molecule has 0 amide bonds. The van der Waals surface area contributed by atoms with Crippen LogP contribution in [0.3, 0.4) is 0 Å². The van der Waals surface area contributed by atoms with Gasteiger partial charge in [-0.1, -0.05) is 37.3 Å². The van der Waals surface area contributed by atoms with Crippen LogP contribution in [-0.2, 0) is 6.42 Å². The second kappa shape index (κ2) is 4.01. The molecule has 2 rings (SSSR count). The minimum Gasteiger partial charge on any atom is -0.158 e. The molecule has 2 heteroatoms. The van der Waals surface area contributed by atoms with Gasteiger partial charge in [0.15, 0.2) is 0 Å². The third-order valence-electron chi connectivity index (χ3n) is 2.19. The minimum atomic E-state index is 0.949. The Bertz CT molecular complexity index is 410. The molecule has 1 heterocycles. The molecule has 2 aromatic rings. The molecule has 0 saturated carbocycles. The third-order valence-corrected chi connectivity index (χ3v) is 2.19. The Labute approximate surface area is 83.6 Å². The van der Waals surface area contributed by atoms with Crippen molar-refractivity contribution in [3.8, 4) is 11.3 Å². The zero-order valence-corrected chi connectivity index (χ0v) is 8.14. The topological polar surface area (TPSA) is 25.8 Å². The summed E-state index contributed by atoms with van der Waals surface area (Å²) in [4.78, 5) is 0. The maximum atomic E-state index is 4.11. The van der Waals surface area contributed by atoms with Crippen molar-refractivity contribution in [1.82, 2.24) is 10.2 Å². The molecule has 0 atom stereocenters. The van der Waals surface area contributed by atoms with Crippen LogP contribution in [0.2, 0.25) is 0 Å². The summed E-state index contributed by atoms with van der Waals surface area (Å²) >= 11 is 0. The predicted molar refractivity (Wildman–Crippen MR) is 56.8 cm³/mol. The van der Waals surface area contributed by atoms with Crippen molar-refractivity contribution in [2.45, 2.75) is 13.3 Å². The molecular weight excluding hydrogens is 172 g/mol. The van der Waals surface area contributed by atoms with E-state index in [2.05, 4.69) is 23.2 Å². The van der Waals surface area contributed by atoms with Crippen LogP contribution in [-0.4, -0.2) is 10.2 Å². The van der Waals surface area contributed by atoms with E-state index in [1.54, 1.807) is 0 Å². The second-order valence-corrected chi connectivity index (χ2v) is 3.17. The minimum absolute atomic E-state index is 0.949. The summed E-state index contributed by atoms with van der Waals surface area (Å²) in [6, 6.07) is 12.2. The van der Waals surface area contributed by atoms with Crippen molar-refractivity contribution in [3.63, 3.8) is 0 Å². The van der Waals surface area contributed by atoms with Crippen molar-refractivity contribution in [2.75, 3.05) is 0 Å². The maximum absolute atomic E-state index is 4.11. The molecule has 0 radical (unpaired) electrons. The van der Waals surface area contributed by atoms with Crippen LogP contribution in [0.25, 0.3) is 11.3 Å². The summed E-state index contributed by atoms with van der Waals surface area (Å²) in [6.07, 6.45) is 2.81. The van der Waals surface area contributed by atoms with E-state index >= 15 is 0 Å². The fourth-order valence-corrected chi connectivity index (χ4v) is 1.35. The summed E-state index contributed by atoms with van der Waals surface area (Å²) in [5.74, 6) is 0. The van der Waals surface area contributed by atoms with Crippen molar-refractivity contribution in [2.24, 2.45) is 0 Å². The maximum Gasteiger partial charge on any atom is 0.0932 e. The lowest BCUT2D eigenvalue weighted by molar-refractivity contribution is 0.989. The molecule has 0 unspecified atom stereocenters.